The number of ether oxygens (including phenoxy) is 1. The molecule has 6 heteroatoms. The van der Waals surface area contributed by atoms with Crippen molar-refractivity contribution in [2.45, 2.75) is 25.2 Å². The fraction of sp³-hybridized carbons (Fsp3) is 0.278. The lowest BCUT2D eigenvalue weighted by molar-refractivity contribution is 0.0593. The summed E-state index contributed by atoms with van der Waals surface area (Å²) in [5.74, 6) is 0.0911. The average molecular weight is 342 g/mol. The molecule has 24 heavy (non-hydrogen) atoms. The van der Waals surface area contributed by atoms with E-state index in [2.05, 4.69) is 4.98 Å². The van der Waals surface area contributed by atoms with Gasteiger partial charge in [0, 0.05) is 29.8 Å². The molecule has 3 aromatic heterocycles. The summed E-state index contributed by atoms with van der Waals surface area (Å²) in [5.41, 5.74) is 4.45. The normalized spacial score (nSPS) is 14.1. The van der Waals surface area contributed by atoms with Crippen LogP contribution in [0.5, 0.6) is 0 Å². The highest BCUT2D eigenvalue weighted by Crippen LogP contribution is 2.42. The minimum absolute atomic E-state index is 0.322. The zero-order chi connectivity index (χ0) is 16.7. The van der Waals surface area contributed by atoms with Crippen LogP contribution in [0.1, 0.15) is 46.2 Å². The van der Waals surface area contributed by atoms with Crippen molar-refractivity contribution in [2.75, 3.05) is 7.11 Å². The summed E-state index contributed by atoms with van der Waals surface area (Å²) in [6.07, 6.45) is 4.78. The maximum atomic E-state index is 11.7. The molecule has 0 amide bonds. The number of esters is 1. The molecule has 1 fully saturated rings. The lowest BCUT2D eigenvalue weighted by Gasteiger charge is -2.05. The van der Waals surface area contributed by atoms with Crippen molar-refractivity contribution in [1.29, 1.82) is 0 Å². The van der Waals surface area contributed by atoms with Crippen LogP contribution in [0.3, 0.4) is 0 Å². The first-order valence-corrected chi connectivity index (χ1v) is 8.24. The van der Waals surface area contributed by atoms with E-state index in [0.29, 0.717) is 23.1 Å². The van der Waals surface area contributed by atoms with E-state index in [1.807, 2.05) is 35.0 Å². The van der Waals surface area contributed by atoms with E-state index in [1.165, 1.54) is 20.0 Å². The van der Waals surface area contributed by atoms with Gasteiger partial charge in [0.15, 0.2) is 0 Å². The minimum atomic E-state index is -0.425. The number of aromatic nitrogens is 3. The smallest absolute Gasteiger partial charge is 0.356 e. The zero-order valence-corrected chi connectivity index (χ0v) is 14.0. The van der Waals surface area contributed by atoms with Crippen molar-refractivity contribution in [3.8, 4) is 0 Å². The van der Waals surface area contributed by atoms with Crippen molar-refractivity contribution < 1.29 is 9.53 Å². The lowest BCUT2D eigenvalue weighted by Crippen LogP contribution is -2.06. The predicted molar refractivity (Wildman–Crippen MR) is 90.6 cm³/mol. The van der Waals surface area contributed by atoms with Crippen LogP contribution in [0.25, 0.3) is 5.52 Å². The molecule has 0 spiro atoms. The van der Waals surface area contributed by atoms with E-state index in [1.54, 1.807) is 6.07 Å². The molecule has 0 N–H and O–H groups in total. The number of fused-ring (bicyclic) bond motifs is 1. The molecule has 0 atom stereocenters. The number of hydrogen-bond acceptors (Lipinski definition) is 4. The van der Waals surface area contributed by atoms with Crippen LogP contribution >= 0.6 is 11.6 Å². The summed E-state index contributed by atoms with van der Waals surface area (Å²) < 4.78 is 6.59. The van der Waals surface area contributed by atoms with Gasteiger partial charge in [-0.25, -0.2) is 14.3 Å². The molecule has 4 rings (SSSR count). The van der Waals surface area contributed by atoms with Crippen LogP contribution in [-0.4, -0.2) is 27.7 Å². The van der Waals surface area contributed by atoms with Gasteiger partial charge in [0.25, 0.3) is 0 Å². The quantitative estimate of drug-likeness (QED) is 0.680. The monoisotopic (exact) mass is 341 g/mol. The van der Waals surface area contributed by atoms with Gasteiger partial charge in [-0.3, -0.25) is 0 Å². The van der Waals surface area contributed by atoms with Gasteiger partial charge >= 0.3 is 5.97 Å². The second-order valence-corrected chi connectivity index (χ2v) is 6.43. The Morgan fingerprint density at radius 1 is 1.33 bits per heavy atom. The second-order valence-electron chi connectivity index (χ2n) is 6.00. The van der Waals surface area contributed by atoms with E-state index in [4.69, 9.17) is 21.4 Å². The Kier molecular flexibility index (Phi) is 3.73. The van der Waals surface area contributed by atoms with Crippen LogP contribution in [0, 0.1) is 0 Å². The van der Waals surface area contributed by atoms with Gasteiger partial charge in [-0.2, -0.15) is 5.10 Å². The fourth-order valence-electron chi connectivity index (χ4n) is 2.94. The van der Waals surface area contributed by atoms with E-state index < -0.39 is 5.97 Å². The fourth-order valence-corrected chi connectivity index (χ4v) is 3.09. The maximum absolute atomic E-state index is 11.7. The summed E-state index contributed by atoms with van der Waals surface area (Å²) in [6, 6.07) is 9.27. The van der Waals surface area contributed by atoms with Gasteiger partial charge in [0.05, 0.1) is 23.3 Å². The molecule has 122 valence electrons. The first-order chi connectivity index (χ1) is 11.7. The predicted octanol–water partition coefficient (Wildman–Crippen LogP) is 3.64. The van der Waals surface area contributed by atoms with Crippen LogP contribution in [0.2, 0.25) is 5.02 Å². The number of nitrogens with zero attached hydrogens (tertiary/aromatic N) is 3. The van der Waals surface area contributed by atoms with E-state index in [-0.39, 0.29) is 0 Å². The Morgan fingerprint density at radius 2 is 2.17 bits per heavy atom. The van der Waals surface area contributed by atoms with E-state index in [0.717, 1.165) is 22.5 Å². The minimum Gasteiger partial charge on any atom is -0.464 e. The molecule has 0 aromatic carbocycles. The third-order valence-electron chi connectivity index (χ3n) is 4.25. The molecule has 0 saturated heterocycles. The van der Waals surface area contributed by atoms with Crippen LogP contribution in [0.4, 0.5) is 0 Å². The Bertz CT molecular complexity index is 931. The molecule has 0 radical (unpaired) electrons. The largest absolute Gasteiger partial charge is 0.464 e. The van der Waals surface area contributed by atoms with Gasteiger partial charge < -0.3 is 4.74 Å². The first kappa shape index (κ1) is 15.1. The van der Waals surface area contributed by atoms with E-state index in [9.17, 15) is 4.79 Å². The topological polar surface area (TPSA) is 56.5 Å². The van der Waals surface area contributed by atoms with Gasteiger partial charge in [-0.15, -0.1) is 0 Å². The van der Waals surface area contributed by atoms with Gasteiger partial charge in [-0.05, 0) is 37.1 Å². The average Bonchev–Trinajstić information content (AvgIpc) is 3.38. The van der Waals surface area contributed by atoms with Crippen molar-refractivity contribution in [1.82, 2.24) is 14.6 Å². The molecule has 5 nitrogen and oxygen atoms in total. The van der Waals surface area contributed by atoms with Crippen molar-refractivity contribution in [2.24, 2.45) is 0 Å². The number of pyridine rings is 2. The Hall–Kier alpha value is -2.40. The summed E-state index contributed by atoms with van der Waals surface area (Å²) in [5, 5.41) is 5.38. The molecule has 0 unspecified atom stereocenters. The SMILES string of the molecule is COC(=O)c1cccc(Cc2c(C3CC3)nn3cc(Cl)ccc23)n1. The highest BCUT2D eigenvalue weighted by atomic mass is 35.5. The van der Waals surface area contributed by atoms with Crippen molar-refractivity contribution in [3.05, 3.63) is 64.2 Å². The number of methoxy groups -OCH3 is 1. The highest BCUT2D eigenvalue weighted by molar-refractivity contribution is 6.30. The number of carbonyl (C=O) groups excluding carboxylic acids is 1. The third-order valence-corrected chi connectivity index (χ3v) is 4.47. The number of carbonyl (C=O) groups is 1. The summed E-state index contributed by atoms with van der Waals surface area (Å²) >= 11 is 6.08. The van der Waals surface area contributed by atoms with Crippen LogP contribution in [-0.2, 0) is 11.2 Å². The zero-order valence-electron chi connectivity index (χ0n) is 13.2. The molecule has 1 aliphatic rings. The molecule has 1 aliphatic carbocycles. The third kappa shape index (κ3) is 2.76. The highest BCUT2D eigenvalue weighted by Gasteiger charge is 2.30. The molecular formula is C18H16ClN3O2. The molecular weight excluding hydrogens is 326 g/mol. The van der Waals surface area contributed by atoms with E-state index >= 15 is 0 Å². The van der Waals surface area contributed by atoms with Gasteiger partial charge in [0.2, 0.25) is 0 Å². The number of rotatable bonds is 4. The Morgan fingerprint density at radius 3 is 2.92 bits per heavy atom. The first-order valence-electron chi connectivity index (χ1n) is 7.86. The molecule has 3 aromatic rings. The Balaban J connectivity index is 1.76. The van der Waals surface area contributed by atoms with Crippen molar-refractivity contribution >= 4 is 23.1 Å². The molecule has 3 heterocycles. The van der Waals surface area contributed by atoms with Crippen LogP contribution in [0.15, 0.2) is 36.5 Å². The number of halogens is 1. The molecule has 0 aliphatic heterocycles. The second kappa shape index (κ2) is 5.91. The number of hydrogen-bond donors (Lipinski definition) is 0. The standard InChI is InChI=1S/C18H16ClN3O2/c1-24-18(23)15-4-2-3-13(20-15)9-14-16-8-7-12(19)10-22(16)21-17(14)11-5-6-11/h2-4,7-8,10-11H,5-6,9H2,1H3. The van der Waals surface area contributed by atoms with Crippen LogP contribution < -0.4 is 0 Å². The molecule has 0 bridgehead atoms. The van der Waals surface area contributed by atoms with Crippen molar-refractivity contribution in [3.63, 3.8) is 0 Å². The maximum Gasteiger partial charge on any atom is 0.356 e. The molecule has 1 saturated carbocycles. The summed E-state index contributed by atoms with van der Waals surface area (Å²) in [7, 11) is 1.36. The lowest BCUT2D eigenvalue weighted by atomic mass is 10.0. The summed E-state index contributed by atoms with van der Waals surface area (Å²) in [6.45, 7) is 0. The van der Waals surface area contributed by atoms with Gasteiger partial charge in [-0.1, -0.05) is 17.7 Å². The summed E-state index contributed by atoms with van der Waals surface area (Å²) in [4.78, 5) is 16.1. The Labute approximate surface area is 144 Å². The van der Waals surface area contributed by atoms with Gasteiger partial charge in [0.1, 0.15) is 5.69 Å².